The zero-order valence-corrected chi connectivity index (χ0v) is 12.6. The summed E-state index contributed by atoms with van der Waals surface area (Å²) in [6.45, 7) is 5.77. The number of halogens is 1. The Balaban J connectivity index is 2.22. The monoisotopic (exact) mass is 314 g/mol. The van der Waals surface area contributed by atoms with E-state index < -0.39 is 0 Å². The van der Waals surface area contributed by atoms with Gasteiger partial charge in [-0.05, 0) is 36.2 Å². The van der Waals surface area contributed by atoms with Crippen molar-refractivity contribution in [2.45, 2.75) is 32.4 Å². The van der Waals surface area contributed by atoms with Gasteiger partial charge in [-0.25, -0.2) is 4.98 Å². The number of anilines is 2. The van der Waals surface area contributed by atoms with E-state index in [4.69, 9.17) is 4.74 Å². The second-order valence-corrected chi connectivity index (χ2v) is 5.29. The predicted octanol–water partition coefficient (Wildman–Crippen LogP) is 2.28. The van der Waals surface area contributed by atoms with Crippen molar-refractivity contribution in [2.75, 3.05) is 30.4 Å². The summed E-state index contributed by atoms with van der Waals surface area (Å²) < 4.78 is 6.52. The molecule has 0 bridgehead atoms. The number of nitrogens with one attached hydrogen (secondary N) is 1. The molecule has 1 saturated heterocycles. The summed E-state index contributed by atoms with van der Waals surface area (Å²) in [5.41, 5.74) is 0. The SMILES string of the molecule is CCNc1ncc(Br)c(N(C)C2CCOC2C)n1. The lowest BCUT2D eigenvalue weighted by molar-refractivity contribution is 0.118. The van der Waals surface area contributed by atoms with Crippen LogP contribution in [0.3, 0.4) is 0 Å². The van der Waals surface area contributed by atoms with Crippen molar-refractivity contribution in [3.05, 3.63) is 10.7 Å². The lowest BCUT2D eigenvalue weighted by Gasteiger charge is -2.28. The van der Waals surface area contributed by atoms with E-state index in [0.717, 1.165) is 29.9 Å². The summed E-state index contributed by atoms with van der Waals surface area (Å²) in [6.07, 6.45) is 3.06. The first-order chi connectivity index (χ1) is 8.63. The van der Waals surface area contributed by atoms with Crippen LogP contribution in [-0.4, -0.2) is 42.3 Å². The molecule has 0 aromatic carbocycles. The van der Waals surface area contributed by atoms with Gasteiger partial charge in [-0.2, -0.15) is 4.98 Å². The van der Waals surface area contributed by atoms with Crippen LogP contribution in [0.2, 0.25) is 0 Å². The maximum Gasteiger partial charge on any atom is 0.224 e. The summed E-state index contributed by atoms with van der Waals surface area (Å²) >= 11 is 3.51. The highest BCUT2D eigenvalue weighted by Gasteiger charge is 2.29. The van der Waals surface area contributed by atoms with Crippen molar-refractivity contribution in [3.8, 4) is 0 Å². The fourth-order valence-electron chi connectivity index (χ4n) is 2.23. The van der Waals surface area contributed by atoms with Gasteiger partial charge in [0, 0.05) is 26.4 Å². The van der Waals surface area contributed by atoms with Gasteiger partial charge in [0.15, 0.2) is 0 Å². The van der Waals surface area contributed by atoms with Crippen molar-refractivity contribution in [3.63, 3.8) is 0 Å². The van der Waals surface area contributed by atoms with E-state index in [1.165, 1.54) is 0 Å². The van der Waals surface area contributed by atoms with Crippen molar-refractivity contribution in [1.29, 1.82) is 0 Å². The molecule has 1 fully saturated rings. The van der Waals surface area contributed by atoms with Crippen molar-refractivity contribution < 1.29 is 4.74 Å². The number of hydrogen-bond acceptors (Lipinski definition) is 5. The Hall–Kier alpha value is -0.880. The van der Waals surface area contributed by atoms with E-state index in [1.54, 1.807) is 6.20 Å². The molecule has 100 valence electrons. The van der Waals surface area contributed by atoms with Crippen LogP contribution in [0.4, 0.5) is 11.8 Å². The minimum Gasteiger partial charge on any atom is -0.376 e. The van der Waals surface area contributed by atoms with Gasteiger partial charge in [-0.1, -0.05) is 0 Å². The van der Waals surface area contributed by atoms with Gasteiger partial charge < -0.3 is 15.0 Å². The fraction of sp³-hybridized carbons (Fsp3) is 0.667. The van der Waals surface area contributed by atoms with Crippen molar-refractivity contribution in [1.82, 2.24) is 9.97 Å². The molecule has 1 N–H and O–H groups in total. The summed E-state index contributed by atoms with van der Waals surface area (Å²) in [4.78, 5) is 10.9. The normalized spacial score (nSPS) is 23.1. The van der Waals surface area contributed by atoms with Crippen LogP contribution in [0.5, 0.6) is 0 Å². The average molecular weight is 315 g/mol. The second kappa shape index (κ2) is 5.84. The first-order valence-electron chi connectivity index (χ1n) is 6.24. The minimum atomic E-state index is 0.236. The number of nitrogens with zero attached hydrogens (tertiary/aromatic N) is 3. The van der Waals surface area contributed by atoms with Gasteiger partial charge >= 0.3 is 0 Å². The Bertz CT molecular complexity index is 415. The average Bonchev–Trinajstić information content (AvgIpc) is 2.77. The molecule has 2 rings (SSSR count). The number of likely N-dealkylation sites (N-methyl/N-ethyl adjacent to an activating group) is 1. The molecule has 0 aliphatic carbocycles. The third-order valence-corrected chi connectivity index (χ3v) is 3.79. The Morgan fingerprint density at radius 2 is 2.39 bits per heavy atom. The highest BCUT2D eigenvalue weighted by atomic mass is 79.9. The van der Waals surface area contributed by atoms with Crippen molar-refractivity contribution >= 4 is 27.7 Å². The zero-order chi connectivity index (χ0) is 13.1. The third kappa shape index (κ3) is 2.75. The van der Waals surface area contributed by atoms with Gasteiger partial charge in [0.1, 0.15) is 5.82 Å². The van der Waals surface area contributed by atoms with Crippen LogP contribution in [0.25, 0.3) is 0 Å². The lowest BCUT2D eigenvalue weighted by atomic mass is 10.1. The summed E-state index contributed by atoms with van der Waals surface area (Å²) in [6, 6.07) is 0.366. The maximum atomic E-state index is 5.61. The zero-order valence-electron chi connectivity index (χ0n) is 11.0. The number of ether oxygens (including phenoxy) is 1. The first-order valence-corrected chi connectivity index (χ1v) is 7.03. The maximum absolute atomic E-state index is 5.61. The van der Waals surface area contributed by atoms with Gasteiger partial charge in [0.2, 0.25) is 5.95 Å². The van der Waals surface area contributed by atoms with Crippen LogP contribution < -0.4 is 10.2 Å². The predicted molar refractivity (Wildman–Crippen MR) is 76.1 cm³/mol. The Kier molecular flexibility index (Phi) is 4.40. The van der Waals surface area contributed by atoms with Crippen LogP contribution >= 0.6 is 15.9 Å². The molecule has 0 spiro atoms. The molecule has 18 heavy (non-hydrogen) atoms. The van der Waals surface area contributed by atoms with Gasteiger partial charge in [-0.15, -0.1) is 0 Å². The molecule has 6 heteroatoms. The quantitative estimate of drug-likeness (QED) is 0.924. The molecule has 1 aliphatic rings. The molecule has 2 unspecified atom stereocenters. The topological polar surface area (TPSA) is 50.3 Å². The molecule has 0 amide bonds. The molecule has 1 aliphatic heterocycles. The molecular formula is C12H19BrN4O. The third-order valence-electron chi connectivity index (χ3n) is 3.23. The van der Waals surface area contributed by atoms with Crippen LogP contribution in [0.15, 0.2) is 10.7 Å². The molecule has 1 aromatic rings. The van der Waals surface area contributed by atoms with E-state index in [1.807, 2.05) is 6.92 Å². The molecule has 1 aromatic heterocycles. The van der Waals surface area contributed by atoms with E-state index in [9.17, 15) is 0 Å². The van der Waals surface area contributed by atoms with Crippen molar-refractivity contribution in [2.24, 2.45) is 0 Å². The largest absolute Gasteiger partial charge is 0.376 e. The highest BCUT2D eigenvalue weighted by Crippen LogP contribution is 2.29. The highest BCUT2D eigenvalue weighted by molar-refractivity contribution is 9.10. The van der Waals surface area contributed by atoms with Gasteiger partial charge in [-0.3, -0.25) is 0 Å². The summed E-state index contributed by atoms with van der Waals surface area (Å²) in [5, 5.41) is 3.13. The van der Waals surface area contributed by atoms with E-state index in [2.05, 4.69) is 50.1 Å². The standard InChI is InChI=1S/C12H19BrN4O/c1-4-14-12-15-7-9(13)11(16-12)17(3)10-5-6-18-8(10)2/h7-8,10H,4-6H2,1-3H3,(H,14,15,16). The number of aromatic nitrogens is 2. The summed E-state index contributed by atoms with van der Waals surface area (Å²) in [5.74, 6) is 1.57. The second-order valence-electron chi connectivity index (χ2n) is 4.44. The Morgan fingerprint density at radius 3 is 3.00 bits per heavy atom. The fourth-order valence-corrected chi connectivity index (χ4v) is 2.71. The van der Waals surface area contributed by atoms with E-state index >= 15 is 0 Å². The van der Waals surface area contributed by atoms with Crippen LogP contribution in [0.1, 0.15) is 20.3 Å². The Morgan fingerprint density at radius 1 is 1.61 bits per heavy atom. The molecule has 5 nitrogen and oxygen atoms in total. The molecule has 0 saturated carbocycles. The van der Waals surface area contributed by atoms with E-state index in [-0.39, 0.29) is 6.10 Å². The van der Waals surface area contributed by atoms with Crippen LogP contribution in [0, 0.1) is 0 Å². The van der Waals surface area contributed by atoms with E-state index in [0.29, 0.717) is 12.0 Å². The lowest BCUT2D eigenvalue weighted by Crippen LogP contribution is -2.37. The number of hydrogen-bond donors (Lipinski definition) is 1. The van der Waals surface area contributed by atoms with Gasteiger partial charge in [0.25, 0.3) is 0 Å². The molecular weight excluding hydrogens is 296 g/mol. The van der Waals surface area contributed by atoms with Gasteiger partial charge in [0.05, 0.1) is 16.6 Å². The smallest absolute Gasteiger partial charge is 0.224 e. The first kappa shape index (κ1) is 13.5. The van der Waals surface area contributed by atoms with Crippen LogP contribution in [-0.2, 0) is 4.74 Å². The Labute approximate surface area is 116 Å². The number of rotatable bonds is 4. The molecule has 2 heterocycles. The molecule has 2 atom stereocenters. The minimum absolute atomic E-state index is 0.236. The molecule has 0 radical (unpaired) electrons. The summed E-state index contributed by atoms with van der Waals surface area (Å²) in [7, 11) is 2.05.